The molecule has 1 fully saturated rings. The minimum atomic E-state index is -4.15. The zero-order valence-corrected chi connectivity index (χ0v) is 21.8. The molecule has 0 radical (unpaired) electrons. The Hall–Kier alpha value is -3.63. The van der Waals surface area contributed by atoms with E-state index in [4.69, 9.17) is 14.2 Å². The van der Waals surface area contributed by atoms with E-state index in [1.807, 2.05) is 32.0 Å². The topological polar surface area (TPSA) is 94.2 Å². The van der Waals surface area contributed by atoms with E-state index in [9.17, 15) is 13.2 Å². The highest BCUT2D eigenvalue weighted by atomic mass is 32.2. The number of likely N-dealkylation sites (tertiary alicyclic amines) is 1. The number of aryl methyl sites for hydroxylation is 2. The third-order valence-corrected chi connectivity index (χ3v) is 7.75. The molecular weight excluding hydrogens is 499 g/mol. The lowest BCUT2D eigenvalue weighted by molar-refractivity contribution is 0.0323. The third kappa shape index (κ3) is 5.40. The van der Waals surface area contributed by atoms with Crippen LogP contribution in [0.1, 0.15) is 21.5 Å². The van der Waals surface area contributed by atoms with Crippen molar-refractivity contribution in [1.82, 2.24) is 4.90 Å². The number of rotatable bonds is 8. The number of ether oxygens (including phenoxy) is 3. The van der Waals surface area contributed by atoms with Gasteiger partial charge in [0.25, 0.3) is 15.9 Å². The van der Waals surface area contributed by atoms with Crippen LogP contribution in [-0.4, -0.2) is 58.7 Å². The molecule has 0 bridgehead atoms. The molecule has 1 heterocycles. The first-order valence-corrected chi connectivity index (χ1v) is 13.1. The van der Waals surface area contributed by atoms with Crippen molar-refractivity contribution in [3.05, 3.63) is 83.2 Å². The van der Waals surface area contributed by atoms with Crippen molar-refractivity contribution < 1.29 is 31.8 Å². The Morgan fingerprint density at radius 1 is 0.919 bits per heavy atom. The van der Waals surface area contributed by atoms with Crippen molar-refractivity contribution in [2.45, 2.75) is 31.0 Å². The summed E-state index contributed by atoms with van der Waals surface area (Å²) in [5.74, 6) is -1.06. The number of methoxy groups -OCH3 is 2. The molecule has 1 amide bonds. The number of anilines is 1. The molecule has 3 aromatic carbocycles. The van der Waals surface area contributed by atoms with Crippen molar-refractivity contribution in [3.63, 3.8) is 0 Å². The number of carbonyl (C=O) groups is 1. The smallest absolute Gasteiger partial charge is 0.265 e. The predicted octanol–water partition coefficient (Wildman–Crippen LogP) is 4.17. The number of carbonyl (C=O) groups excluding carboxylic acids is 1. The average Bonchev–Trinajstić information content (AvgIpc) is 3.29. The molecule has 1 aliphatic heterocycles. The predicted molar refractivity (Wildman–Crippen MR) is 137 cm³/mol. The Kier molecular flexibility index (Phi) is 7.70. The molecule has 2 unspecified atom stereocenters. The number of hydrogen-bond donors (Lipinski definition) is 1. The average molecular weight is 529 g/mol. The van der Waals surface area contributed by atoms with E-state index >= 15 is 4.39 Å². The first-order valence-electron chi connectivity index (χ1n) is 11.7. The van der Waals surface area contributed by atoms with Gasteiger partial charge in [0, 0.05) is 12.7 Å². The van der Waals surface area contributed by atoms with Gasteiger partial charge in [-0.3, -0.25) is 9.52 Å². The lowest BCUT2D eigenvalue weighted by Crippen LogP contribution is -2.32. The molecule has 1 saturated heterocycles. The fourth-order valence-corrected chi connectivity index (χ4v) is 5.67. The summed E-state index contributed by atoms with van der Waals surface area (Å²) < 4.78 is 60.2. The number of hydrogen-bond acceptors (Lipinski definition) is 6. The summed E-state index contributed by atoms with van der Waals surface area (Å²) in [5, 5.41) is 0. The molecule has 10 heteroatoms. The van der Waals surface area contributed by atoms with Crippen molar-refractivity contribution in [2.24, 2.45) is 0 Å². The highest BCUT2D eigenvalue weighted by molar-refractivity contribution is 7.92. The zero-order chi connectivity index (χ0) is 26.7. The van der Waals surface area contributed by atoms with Crippen molar-refractivity contribution in [1.29, 1.82) is 0 Å². The van der Waals surface area contributed by atoms with Crippen LogP contribution in [0.25, 0.3) is 0 Å². The van der Waals surface area contributed by atoms with Gasteiger partial charge in [-0.05, 0) is 49.2 Å². The fraction of sp³-hybridized carbons (Fsp3) is 0.296. The van der Waals surface area contributed by atoms with Crippen molar-refractivity contribution in [2.75, 3.05) is 32.0 Å². The van der Waals surface area contributed by atoms with Crippen molar-refractivity contribution >= 4 is 21.6 Å². The normalized spacial score (nSPS) is 17.5. The quantitative estimate of drug-likeness (QED) is 0.472. The fourth-order valence-electron chi connectivity index (χ4n) is 4.44. The SMILES string of the molecule is COc1ccccc1S(=O)(=O)Nc1cccc(OC2CN(C(=O)c3c(C)cccc3C)CC2OC)c1F. The minimum Gasteiger partial charge on any atom is -0.495 e. The van der Waals surface area contributed by atoms with Crippen LogP contribution >= 0.6 is 0 Å². The lowest BCUT2D eigenvalue weighted by atomic mass is 10.0. The highest BCUT2D eigenvalue weighted by Crippen LogP contribution is 2.31. The van der Waals surface area contributed by atoms with Gasteiger partial charge in [-0.2, -0.15) is 0 Å². The Labute approximate surface area is 216 Å². The molecule has 196 valence electrons. The Balaban J connectivity index is 1.55. The molecule has 1 aliphatic rings. The second-order valence-electron chi connectivity index (χ2n) is 8.78. The van der Waals surface area contributed by atoms with Gasteiger partial charge in [0.2, 0.25) is 0 Å². The van der Waals surface area contributed by atoms with Crippen LogP contribution in [0, 0.1) is 19.7 Å². The molecule has 1 N–H and O–H groups in total. The zero-order valence-electron chi connectivity index (χ0n) is 21.0. The first kappa shape index (κ1) is 26.4. The number of nitrogens with zero attached hydrogens (tertiary/aromatic N) is 1. The van der Waals surface area contributed by atoms with Gasteiger partial charge in [0.15, 0.2) is 11.6 Å². The minimum absolute atomic E-state index is 0.126. The van der Waals surface area contributed by atoms with Crippen molar-refractivity contribution in [3.8, 4) is 11.5 Å². The maximum Gasteiger partial charge on any atom is 0.265 e. The molecule has 0 spiro atoms. The van der Waals surface area contributed by atoms with Crippen LogP contribution in [-0.2, 0) is 14.8 Å². The number of para-hydroxylation sites is 1. The van der Waals surface area contributed by atoms with Gasteiger partial charge >= 0.3 is 0 Å². The van der Waals surface area contributed by atoms with Crippen LogP contribution in [0.15, 0.2) is 65.6 Å². The second kappa shape index (κ2) is 10.8. The van der Waals surface area contributed by atoms with Crippen LogP contribution in [0.4, 0.5) is 10.1 Å². The number of sulfonamides is 1. The van der Waals surface area contributed by atoms with E-state index in [1.165, 1.54) is 44.6 Å². The monoisotopic (exact) mass is 528 g/mol. The summed E-state index contributed by atoms with van der Waals surface area (Å²) in [5.41, 5.74) is 2.07. The number of halogens is 1. The van der Waals surface area contributed by atoms with E-state index in [0.29, 0.717) is 5.56 Å². The van der Waals surface area contributed by atoms with Gasteiger partial charge < -0.3 is 19.1 Å². The second-order valence-corrected chi connectivity index (χ2v) is 10.4. The lowest BCUT2D eigenvalue weighted by Gasteiger charge is -2.20. The van der Waals surface area contributed by atoms with Crippen LogP contribution in [0.3, 0.4) is 0 Å². The maximum atomic E-state index is 15.4. The van der Waals surface area contributed by atoms with Gasteiger partial charge in [-0.1, -0.05) is 36.4 Å². The van der Waals surface area contributed by atoms with E-state index in [0.717, 1.165) is 11.1 Å². The van der Waals surface area contributed by atoms with E-state index in [2.05, 4.69) is 4.72 Å². The molecule has 0 aromatic heterocycles. The summed E-state index contributed by atoms with van der Waals surface area (Å²) in [6.07, 6.45) is -1.16. The largest absolute Gasteiger partial charge is 0.495 e. The van der Waals surface area contributed by atoms with E-state index in [-0.39, 0.29) is 41.1 Å². The number of nitrogens with one attached hydrogen (secondary N) is 1. The summed E-state index contributed by atoms with van der Waals surface area (Å²) in [4.78, 5) is 14.8. The van der Waals surface area contributed by atoms with Gasteiger partial charge in [0.05, 0.1) is 25.9 Å². The number of amides is 1. The Morgan fingerprint density at radius 2 is 1.54 bits per heavy atom. The Morgan fingerprint density at radius 3 is 2.22 bits per heavy atom. The van der Waals surface area contributed by atoms with E-state index in [1.54, 1.807) is 17.0 Å². The first-order chi connectivity index (χ1) is 17.7. The van der Waals surface area contributed by atoms with Crippen LogP contribution in [0.2, 0.25) is 0 Å². The molecule has 0 aliphatic carbocycles. The molecular formula is C27H29FN2O6S. The third-order valence-electron chi connectivity index (χ3n) is 6.34. The molecule has 3 aromatic rings. The van der Waals surface area contributed by atoms with Crippen LogP contribution < -0.4 is 14.2 Å². The standard InChI is InChI=1S/C27H29FN2O6S/c1-17-9-7-10-18(2)25(17)27(31)30-15-22(35-4)23(16-30)36-21-13-8-11-19(26(21)28)29-37(32,33)24-14-6-5-12-20(24)34-3/h5-14,22-23,29H,15-16H2,1-4H3. The molecule has 4 rings (SSSR count). The Bertz CT molecular complexity index is 1390. The number of benzene rings is 3. The molecule has 37 heavy (non-hydrogen) atoms. The molecule has 0 saturated carbocycles. The highest BCUT2D eigenvalue weighted by Gasteiger charge is 2.38. The summed E-state index contributed by atoms with van der Waals surface area (Å²) >= 11 is 0. The summed E-state index contributed by atoms with van der Waals surface area (Å²) in [6.45, 7) is 4.22. The maximum absolute atomic E-state index is 15.4. The van der Waals surface area contributed by atoms with Crippen LogP contribution in [0.5, 0.6) is 11.5 Å². The molecule has 2 atom stereocenters. The van der Waals surface area contributed by atoms with E-state index < -0.39 is 28.0 Å². The van der Waals surface area contributed by atoms with Gasteiger partial charge in [0.1, 0.15) is 22.9 Å². The summed E-state index contributed by atoms with van der Waals surface area (Å²) in [7, 11) is -1.29. The summed E-state index contributed by atoms with van der Waals surface area (Å²) in [6, 6.07) is 15.9. The molecule has 8 nitrogen and oxygen atoms in total. The van der Waals surface area contributed by atoms with Gasteiger partial charge in [-0.15, -0.1) is 0 Å². The van der Waals surface area contributed by atoms with Gasteiger partial charge in [-0.25, -0.2) is 12.8 Å².